The van der Waals surface area contributed by atoms with E-state index in [1.807, 2.05) is 127 Å². The molecule has 28 nitrogen and oxygen atoms in total. The number of thiophene rings is 1. The van der Waals surface area contributed by atoms with Crippen LogP contribution in [0.25, 0.3) is 17.1 Å². The van der Waals surface area contributed by atoms with Crippen LogP contribution in [0.3, 0.4) is 0 Å². The molecule has 12 aromatic rings. The summed E-state index contributed by atoms with van der Waals surface area (Å²) in [7, 11) is 0. The maximum absolute atomic E-state index is 14.5. The van der Waals surface area contributed by atoms with Gasteiger partial charge in [0.1, 0.15) is 5.75 Å². The largest absolute Gasteiger partial charge is 0.506 e. The highest BCUT2D eigenvalue weighted by molar-refractivity contribution is 14.1. The van der Waals surface area contributed by atoms with Crippen molar-refractivity contribution in [2.45, 2.75) is 203 Å². The van der Waals surface area contributed by atoms with Crippen LogP contribution >= 0.6 is 57.1 Å². The third kappa shape index (κ3) is 25.5. The summed E-state index contributed by atoms with van der Waals surface area (Å²) in [4.78, 5) is 135. The molecule has 0 saturated carbocycles. The molecule has 142 heavy (non-hydrogen) atoms. The zero-order valence-electron chi connectivity index (χ0n) is 82.2. The second kappa shape index (κ2) is 50.3. The summed E-state index contributed by atoms with van der Waals surface area (Å²) in [5.41, 5.74) is 14.0. The van der Waals surface area contributed by atoms with Crippen LogP contribution < -0.4 is 16.0 Å². The fourth-order valence-corrected chi connectivity index (χ4v) is 20.0. The highest BCUT2D eigenvalue weighted by Crippen LogP contribution is 2.37. The van der Waals surface area contributed by atoms with Crippen molar-refractivity contribution in [3.8, 4) is 22.8 Å². The quantitative estimate of drug-likeness (QED) is 0.0179. The van der Waals surface area contributed by atoms with E-state index in [4.69, 9.17) is 38.5 Å². The summed E-state index contributed by atoms with van der Waals surface area (Å²) in [6.45, 7) is 24.3. The number of nitrogens with zero attached hydrogens (tertiary/aromatic N) is 12. The number of aliphatic hydroxyl groups is 3. The lowest BCUT2D eigenvalue weighted by Crippen LogP contribution is -2.46. The molecule has 3 atom stereocenters. The molecule has 4 aromatic heterocycles. The average Bonchev–Trinajstić information content (AvgIpc) is 1.37. The molecular weight excluding hydrogens is 1970 g/mol. The second-order valence-corrected chi connectivity index (χ2v) is 39.1. The van der Waals surface area contributed by atoms with Crippen LogP contribution in [0.15, 0.2) is 193 Å². The Morgan fingerprint density at radius 1 is 0.387 bits per heavy atom. The maximum atomic E-state index is 14.5. The number of para-hydroxylation sites is 1. The number of nitrogens with one attached hydrogen (secondary N) is 3. The van der Waals surface area contributed by atoms with Gasteiger partial charge in [-0.3, -0.25) is 43.2 Å². The van der Waals surface area contributed by atoms with Gasteiger partial charge in [0.15, 0.2) is 17.1 Å². The first-order valence-electron chi connectivity index (χ1n) is 48.9. The number of phenols is 1. The number of carbonyl (C=O) groups is 9. The summed E-state index contributed by atoms with van der Waals surface area (Å²) in [5.74, 6) is -2.94. The predicted molar refractivity (Wildman–Crippen MR) is 565 cm³/mol. The first-order valence-corrected chi connectivity index (χ1v) is 51.7. The topological polar surface area (TPSA) is 344 Å². The summed E-state index contributed by atoms with van der Waals surface area (Å²) in [6, 6.07) is 54.2. The third-order valence-electron chi connectivity index (χ3n) is 26.0. The van der Waals surface area contributed by atoms with E-state index in [1.54, 1.807) is 126 Å². The molecule has 8 aromatic carbocycles. The Kier molecular flexibility index (Phi) is 37.8. The van der Waals surface area contributed by atoms with Crippen molar-refractivity contribution < 1.29 is 63.6 Å². The standard InChI is InChI=1S/C37H41ClIN5O4.C37H42ClN5O5.C36H43N5O4S/c1-4-6-16-42(17-7-5-2)37(48)33-18-24(3)44(41-33)34-15-13-28(40-35(46)30-14-12-27(38)20-32(30)39)21-31(34)36(47)43-22-26-11-9-8-10-25(26)19-29(43)23-45;1-4-6-17-41(18-7-5-2)37(48)32-19-24(3)43(40-32)33-16-15-27(39-35(46)29-13-10-14-31(38)34(29)45)21-30(33)36(47)42-22-26-12-9-8-11-25(26)20-28(42)23-44;1-5-7-16-39(17-8-6-2)36(45)31-19-25(4)41(38-31)32-14-13-28(37-34(43)33-24(3)15-18-46-33)21-30(32)35(44)40-22-27-12-10-9-11-26(27)20-29(40)23-42/h8-15,18,20-21,29,45H,4-7,16-17,19,22-23H2,1-3H3,(H,40,46);8-16,19,21,28,44-45H,4-7,17-18,20,22-23H2,1-3H3,(H,39,46);9-15,18-19,21,29,42H,5-8,16-17,20,22-23H2,1-4H3,(H,37,43)/t29-;28-;29-/m000/s1. The number of unbranched alkanes of at least 4 members (excludes halogenated alkanes) is 6. The maximum Gasteiger partial charge on any atom is 0.274 e. The molecule has 9 amide bonds. The van der Waals surface area contributed by atoms with Crippen LogP contribution in [0.4, 0.5) is 17.1 Å². The lowest BCUT2D eigenvalue weighted by molar-refractivity contribution is 0.0539. The highest BCUT2D eigenvalue weighted by Gasteiger charge is 2.38. The van der Waals surface area contributed by atoms with Crippen molar-refractivity contribution in [3.05, 3.63) is 313 Å². The molecule has 0 unspecified atom stereocenters. The number of hydrogen-bond acceptors (Lipinski definition) is 17. The van der Waals surface area contributed by atoms with Crippen LogP contribution in [0.2, 0.25) is 10.0 Å². The van der Waals surface area contributed by atoms with E-state index in [9.17, 15) is 63.6 Å². The number of carbonyl (C=O) groups excluding carboxylic acids is 9. The molecule has 7 heterocycles. The lowest BCUT2D eigenvalue weighted by atomic mass is 9.93. The first kappa shape index (κ1) is 107. The predicted octanol–water partition coefficient (Wildman–Crippen LogP) is 20.1. The number of anilines is 3. The number of rotatable bonds is 36. The Morgan fingerprint density at radius 2 is 0.711 bits per heavy atom. The van der Waals surface area contributed by atoms with Crippen LogP contribution in [0.5, 0.6) is 5.75 Å². The van der Waals surface area contributed by atoms with Gasteiger partial charge in [-0.15, -0.1) is 11.3 Å². The van der Waals surface area contributed by atoms with Crippen LogP contribution in [-0.4, -0.2) is 210 Å². The smallest absolute Gasteiger partial charge is 0.274 e. The minimum Gasteiger partial charge on any atom is -0.506 e. The van der Waals surface area contributed by atoms with Gasteiger partial charge in [0, 0.05) is 102 Å². The summed E-state index contributed by atoms with van der Waals surface area (Å²) in [5, 5.41) is 66.8. The minimum atomic E-state index is -0.608. The first-order chi connectivity index (χ1) is 68.5. The number of aliphatic hydroxyl groups excluding tert-OH is 3. The van der Waals surface area contributed by atoms with Gasteiger partial charge in [0.05, 0.1) is 92.7 Å². The van der Waals surface area contributed by atoms with E-state index in [-0.39, 0.29) is 107 Å². The van der Waals surface area contributed by atoms with E-state index in [0.29, 0.717) is 159 Å². The van der Waals surface area contributed by atoms with Gasteiger partial charge in [-0.2, -0.15) is 15.3 Å². The molecule has 0 radical (unpaired) electrons. The number of aryl methyl sites for hydroxylation is 4. The van der Waals surface area contributed by atoms with Crippen molar-refractivity contribution in [1.82, 2.24) is 58.7 Å². The summed E-state index contributed by atoms with van der Waals surface area (Å²) < 4.78 is 5.54. The normalized spacial score (nSPS) is 14.1. The van der Waals surface area contributed by atoms with E-state index in [1.165, 1.54) is 23.5 Å². The molecule has 0 saturated heterocycles. The molecule has 0 spiro atoms. The van der Waals surface area contributed by atoms with Crippen molar-refractivity contribution >= 4 is 127 Å². The Balaban J connectivity index is 0.000000179. The number of benzene rings is 8. The Labute approximate surface area is 857 Å². The second-order valence-electron chi connectivity index (χ2n) is 36.2. The number of amides is 9. The van der Waals surface area contributed by atoms with Crippen molar-refractivity contribution in [2.24, 2.45) is 0 Å². The van der Waals surface area contributed by atoms with Gasteiger partial charge in [0.25, 0.3) is 53.2 Å². The van der Waals surface area contributed by atoms with Crippen LogP contribution in [0, 0.1) is 31.3 Å². The molecule has 746 valence electrons. The number of phenolic OH excluding ortho intramolecular Hbond substituents is 1. The van der Waals surface area contributed by atoms with E-state index in [2.05, 4.69) is 80.1 Å². The van der Waals surface area contributed by atoms with Gasteiger partial charge < -0.3 is 65.8 Å². The molecule has 3 aliphatic rings. The van der Waals surface area contributed by atoms with E-state index in [0.717, 1.165) is 116 Å². The molecule has 15 rings (SSSR count). The van der Waals surface area contributed by atoms with Gasteiger partial charge in [-0.25, -0.2) is 14.0 Å². The third-order valence-corrected chi connectivity index (χ3v) is 28.4. The minimum absolute atomic E-state index is 0.0192. The van der Waals surface area contributed by atoms with Gasteiger partial charge in [0.2, 0.25) is 0 Å². The lowest BCUT2D eigenvalue weighted by Gasteiger charge is -2.36. The number of aromatic hydroxyl groups is 1. The Bertz CT molecular complexity index is 6520. The molecule has 3 aliphatic heterocycles. The fraction of sp³-hybridized carbons (Fsp3) is 0.364. The summed E-state index contributed by atoms with van der Waals surface area (Å²) in [6.07, 6.45) is 12.8. The monoisotopic (exact) mass is 2090 g/mol. The van der Waals surface area contributed by atoms with Gasteiger partial charge in [-0.05, 0) is 262 Å². The number of hydrogen-bond donors (Lipinski definition) is 7. The number of halogens is 3. The zero-order valence-corrected chi connectivity index (χ0v) is 86.7. The van der Waals surface area contributed by atoms with Gasteiger partial charge >= 0.3 is 0 Å². The Hall–Kier alpha value is -12.7. The molecule has 7 N–H and O–H groups in total. The molecular formula is C110H126Cl2IN15O13S. The average molecular weight is 2100 g/mol. The molecule has 0 fully saturated rings. The number of fused-ring (bicyclic) bond motifs is 3. The van der Waals surface area contributed by atoms with Gasteiger partial charge in [-0.1, -0.05) is 182 Å². The molecule has 32 heteroatoms. The van der Waals surface area contributed by atoms with Crippen LogP contribution in [-0.2, 0) is 38.9 Å². The molecule has 0 bridgehead atoms. The number of aromatic nitrogens is 6. The van der Waals surface area contributed by atoms with E-state index >= 15 is 0 Å². The fourth-order valence-electron chi connectivity index (χ4n) is 17.9. The van der Waals surface area contributed by atoms with E-state index < -0.39 is 24.0 Å². The highest BCUT2D eigenvalue weighted by atomic mass is 127. The SMILES string of the molecule is CCCCN(CCCC)C(=O)c1cc(C)n(-c2ccc(NC(=O)c3ccc(Cl)cc3I)cc2C(=O)N2Cc3ccccc3C[C@H]2CO)n1.CCCCN(CCCC)C(=O)c1cc(C)n(-c2ccc(NC(=O)c3cccc(Cl)c3O)cc2C(=O)N2Cc3ccccc3C[C@H]2CO)n1.CCCCN(CCCC)C(=O)c1cc(C)n(-c2ccc(NC(=O)c3sccc3C)cc2C(=O)N2Cc3ccccc3C[C@H]2CO)n1. The zero-order chi connectivity index (χ0) is 102. The van der Waals surface area contributed by atoms with Crippen molar-refractivity contribution in [3.63, 3.8) is 0 Å². The Morgan fingerprint density at radius 3 is 1.02 bits per heavy atom. The summed E-state index contributed by atoms with van der Waals surface area (Å²) >= 11 is 15.6. The van der Waals surface area contributed by atoms with Crippen LogP contribution in [0.1, 0.15) is 268 Å². The van der Waals surface area contributed by atoms with Crippen molar-refractivity contribution in [1.29, 1.82) is 0 Å². The molecule has 0 aliphatic carbocycles. The van der Waals surface area contributed by atoms with Crippen molar-refractivity contribution in [2.75, 3.05) is 75.0 Å².